The summed E-state index contributed by atoms with van der Waals surface area (Å²) in [5.41, 5.74) is -7.90. The van der Waals surface area contributed by atoms with Crippen LogP contribution in [0.1, 0.15) is 39.8 Å². The Balaban J connectivity index is 1.40. The molecule has 3 heterocycles. The number of para-hydroxylation sites is 4. The van der Waals surface area contributed by atoms with Gasteiger partial charge >= 0.3 is 0 Å². The van der Waals surface area contributed by atoms with Crippen LogP contribution in [-0.2, 0) is 0 Å². The lowest BCUT2D eigenvalue weighted by Crippen LogP contribution is -1.98. The summed E-state index contributed by atoms with van der Waals surface area (Å²) in [6.45, 7) is 0. The average Bonchev–Trinajstić information content (AvgIpc) is 3.69. The maximum absolute atomic E-state index is 10.1. The van der Waals surface area contributed by atoms with Crippen LogP contribution in [0.2, 0.25) is 0 Å². The molecule has 0 radical (unpaired) electrons. The zero-order valence-corrected chi connectivity index (χ0v) is 25.4. The highest BCUT2D eigenvalue weighted by molar-refractivity contribution is 6.17. The fraction of sp³-hybridized carbons (Fsp3) is 0. The van der Waals surface area contributed by atoms with Crippen molar-refractivity contribution in [2.45, 2.75) is 0 Å². The molecule has 0 fully saturated rings. The van der Waals surface area contributed by atoms with E-state index in [9.17, 15) is 12.3 Å². The molecular weight excluding hydrogens is 621 g/mol. The first-order valence-electron chi connectivity index (χ1n) is 29.6. The minimum atomic E-state index is -1.07. The van der Waals surface area contributed by atoms with Gasteiger partial charge in [0.15, 0.2) is 0 Å². The van der Waals surface area contributed by atoms with Crippen molar-refractivity contribution in [3.05, 3.63) is 181 Å². The lowest BCUT2D eigenvalue weighted by Gasteiger charge is -2.16. The fourth-order valence-corrected chi connectivity index (χ4v) is 6.38. The molecule has 0 aliphatic rings. The maximum Gasteiger partial charge on any atom is 0.137 e. The van der Waals surface area contributed by atoms with Crippen molar-refractivity contribution in [1.29, 1.82) is 0 Å². The van der Waals surface area contributed by atoms with Gasteiger partial charge in [0.2, 0.25) is 0 Å². The van der Waals surface area contributed by atoms with E-state index >= 15 is 0 Å². The van der Waals surface area contributed by atoms with Crippen molar-refractivity contribution >= 4 is 65.6 Å². The third kappa shape index (κ3) is 4.12. The molecule has 3 nitrogen and oxygen atoms in total. The number of nitrogens with zero attached hydrogens (tertiary/aromatic N) is 2. The number of furan rings is 1. The zero-order valence-electron chi connectivity index (χ0n) is 54.4. The van der Waals surface area contributed by atoms with E-state index in [4.69, 9.17) is 31.8 Å². The van der Waals surface area contributed by atoms with E-state index in [0.29, 0.717) is 0 Å². The Morgan fingerprint density at radius 1 is 0.392 bits per heavy atom. The fourth-order valence-electron chi connectivity index (χ4n) is 6.38. The smallest absolute Gasteiger partial charge is 0.137 e. The van der Waals surface area contributed by atoms with E-state index in [-0.39, 0.29) is 0 Å². The molecule has 0 atom stereocenters. The number of benzene rings is 8. The van der Waals surface area contributed by atoms with Gasteiger partial charge in [0.05, 0.1) is 72.9 Å². The van der Waals surface area contributed by atoms with Crippen molar-refractivity contribution in [3.63, 3.8) is 0 Å². The van der Waals surface area contributed by atoms with Crippen LogP contribution in [0.15, 0.2) is 186 Å². The van der Waals surface area contributed by atoms with Crippen LogP contribution in [-0.4, -0.2) is 9.13 Å². The molecule has 51 heavy (non-hydrogen) atoms. The maximum atomic E-state index is 10.1. The minimum absolute atomic E-state index is 0.486. The lowest BCUT2D eigenvalue weighted by molar-refractivity contribution is 0.669. The molecule has 0 aliphatic carbocycles. The Bertz CT molecular complexity index is 4760. The number of aromatic nitrogens is 2. The average molecular weight is 680 g/mol. The topological polar surface area (TPSA) is 23.0 Å². The highest BCUT2D eigenvalue weighted by atomic mass is 16.3. The molecule has 11 rings (SSSR count). The molecule has 0 bridgehead atoms. The summed E-state index contributed by atoms with van der Waals surface area (Å²) in [5.74, 6) is 0. The Labute approximate surface area is 334 Å². The van der Waals surface area contributed by atoms with Gasteiger partial charge in [-0.15, -0.1) is 0 Å². The van der Waals surface area contributed by atoms with E-state index in [2.05, 4.69) is 0 Å². The van der Waals surface area contributed by atoms with Crippen molar-refractivity contribution in [3.8, 4) is 33.6 Å². The van der Waals surface area contributed by atoms with Crippen molar-refractivity contribution < 1.29 is 44.2 Å². The summed E-state index contributed by atoms with van der Waals surface area (Å²) >= 11 is 0. The molecule has 0 unspecified atom stereocenters. The normalized spacial score (nSPS) is 19.9. The predicted octanol–water partition coefficient (Wildman–Crippen LogP) is 13.1. The van der Waals surface area contributed by atoms with Crippen LogP contribution in [0.25, 0.3) is 99.2 Å². The van der Waals surface area contributed by atoms with Gasteiger partial charge in [0.25, 0.3) is 0 Å². The first-order valence-corrected chi connectivity index (χ1v) is 15.1. The Morgan fingerprint density at radius 3 is 1.61 bits per heavy atom. The van der Waals surface area contributed by atoms with E-state index in [1.807, 2.05) is 0 Å². The predicted molar refractivity (Wildman–Crippen MR) is 213 cm³/mol. The van der Waals surface area contributed by atoms with Crippen LogP contribution in [0.5, 0.6) is 0 Å². The minimum Gasteiger partial charge on any atom is -0.456 e. The first kappa shape index (κ1) is 11.9. The highest BCUT2D eigenvalue weighted by Crippen LogP contribution is 2.44. The molecular formula is C48H30N2O. The molecule has 238 valence electrons. The third-order valence-corrected chi connectivity index (χ3v) is 8.44. The molecule has 0 N–H and O–H groups in total. The summed E-state index contributed by atoms with van der Waals surface area (Å²) in [7, 11) is 0. The third-order valence-electron chi connectivity index (χ3n) is 8.44. The zero-order chi connectivity index (χ0) is 58.7. The lowest BCUT2D eigenvalue weighted by atomic mass is 9.99. The second-order valence-electron chi connectivity index (χ2n) is 11.1. The Hall–Kier alpha value is -6.84. The molecule has 0 amide bonds. The second-order valence-corrected chi connectivity index (χ2v) is 11.1. The highest BCUT2D eigenvalue weighted by Gasteiger charge is 2.22. The SMILES string of the molecule is [2H]c1c([2H])c([2H])c(-c2cc([2H])c3oc4c([2H])c([2H])c([2H])c([2H])c4c3c2-n2c3c([2H])c([2H])c([2H])c([2H])c3c3c([2H])c(-c4c([2H])c([2H])c5c(c4[2H])c4c([2H])c([2H])c([2H])c([2H])c4n5-c4c([2H])c([2H])c([2H])c([2H])c4[2H])c([2H])c([2H])c32)c([2H])c1[2H]. The van der Waals surface area contributed by atoms with Gasteiger partial charge in [0, 0.05) is 38.2 Å². The molecule has 0 aliphatic heterocycles. The summed E-state index contributed by atoms with van der Waals surface area (Å²) in [6, 6.07) is -25.1. The van der Waals surface area contributed by atoms with E-state index in [1.54, 1.807) is 0 Å². The van der Waals surface area contributed by atoms with Crippen LogP contribution in [0.4, 0.5) is 0 Å². The van der Waals surface area contributed by atoms with Gasteiger partial charge in [0.1, 0.15) is 11.2 Å². The standard InChI is InChI=1S/C48H30N2O/c1-3-13-31(14-4-1)35-25-28-46-47(38-19-9-12-22-45(38)51-46)48(35)50-42-21-11-8-18-37(42)40-30-33(24-27-44(40)50)32-23-26-43-39(29-32)36-17-7-10-20-41(36)49(43)34-15-5-2-6-16-34/h1-30H/i1D,2D,3D,4D,5D,6D,7D,8D,9D,10D,11D,12D,13D,14D,15D,16D,17D,18D,19D,20D,21D,22D,23D,24D,26D,27D,28D,29D,30D. The number of fused-ring (bicyclic) bond motifs is 9. The Kier molecular flexibility index (Phi) is 2.53. The summed E-state index contributed by atoms with van der Waals surface area (Å²) < 4.78 is 269. The van der Waals surface area contributed by atoms with E-state index in [1.165, 1.54) is 0 Å². The Morgan fingerprint density at radius 2 is 0.922 bits per heavy atom. The molecule has 11 aromatic rings. The molecule has 0 spiro atoms. The van der Waals surface area contributed by atoms with Gasteiger partial charge in [-0.05, 0) is 83.2 Å². The van der Waals surface area contributed by atoms with Gasteiger partial charge in [-0.2, -0.15) is 0 Å². The summed E-state index contributed by atoms with van der Waals surface area (Å²) in [5, 5.41) is -3.42. The summed E-state index contributed by atoms with van der Waals surface area (Å²) in [6.07, 6.45) is 0. The van der Waals surface area contributed by atoms with Crippen molar-refractivity contribution in [2.75, 3.05) is 0 Å². The largest absolute Gasteiger partial charge is 0.456 e. The van der Waals surface area contributed by atoms with Crippen LogP contribution < -0.4 is 0 Å². The van der Waals surface area contributed by atoms with E-state index < -0.39 is 274 Å². The molecule has 0 saturated carbocycles. The molecule has 8 aromatic carbocycles. The number of hydrogen-bond donors (Lipinski definition) is 0. The second kappa shape index (κ2) is 10.8. The monoisotopic (exact) mass is 679 g/mol. The molecule has 0 saturated heterocycles. The summed E-state index contributed by atoms with van der Waals surface area (Å²) in [4.78, 5) is 0. The number of rotatable bonds is 4. The molecule has 3 aromatic heterocycles. The van der Waals surface area contributed by atoms with Crippen molar-refractivity contribution in [2.24, 2.45) is 0 Å². The van der Waals surface area contributed by atoms with Crippen LogP contribution in [0.3, 0.4) is 0 Å². The number of hydrogen-bond acceptors (Lipinski definition) is 1. The van der Waals surface area contributed by atoms with Gasteiger partial charge in [-0.3, -0.25) is 0 Å². The van der Waals surface area contributed by atoms with Gasteiger partial charge < -0.3 is 13.6 Å². The van der Waals surface area contributed by atoms with Gasteiger partial charge in [-0.1, -0.05) is 115 Å². The van der Waals surface area contributed by atoms with Crippen LogP contribution >= 0.6 is 0 Å². The van der Waals surface area contributed by atoms with Crippen LogP contribution in [0, 0.1) is 0 Å². The quantitative estimate of drug-likeness (QED) is 0.182. The molecule has 3 heteroatoms. The van der Waals surface area contributed by atoms with Gasteiger partial charge in [-0.25, -0.2) is 0 Å². The first-order chi connectivity index (χ1) is 37.4. The van der Waals surface area contributed by atoms with Crippen molar-refractivity contribution in [1.82, 2.24) is 9.13 Å². The van der Waals surface area contributed by atoms with E-state index in [0.717, 1.165) is 15.2 Å².